The highest BCUT2D eigenvalue weighted by Gasteiger charge is 2.09. The number of nitrogens with one attached hydrogen (secondary N) is 1. The number of nitrogens with zero attached hydrogens (tertiary/aromatic N) is 1. The van der Waals surface area contributed by atoms with E-state index in [1.165, 1.54) is 17.2 Å². The third-order valence-electron chi connectivity index (χ3n) is 3.80. The van der Waals surface area contributed by atoms with E-state index in [-0.39, 0.29) is 0 Å². The standard InChI is InChI=1S/C21H26N2O2/c1-17(2)14-23(15-19-6-4-3-5-7-19)16-20-10-8-18(9-11-20)12-13-21(24)22-25/h3-13,17,25H,14-16H2,1-2H3,(H,22,24)/b13-12+. The Balaban J connectivity index is 2.02. The van der Waals surface area contributed by atoms with Crippen molar-refractivity contribution in [2.75, 3.05) is 6.54 Å². The van der Waals surface area contributed by atoms with Crippen LogP contribution in [0, 0.1) is 5.92 Å². The van der Waals surface area contributed by atoms with Gasteiger partial charge in [0.2, 0.25) is 0 Å². The fourth-order valence-electron chi connectivity index (χ4n) is 2.74. The molecule has 0 radical (unpaired) electrons. The summed E-state index contributed by atoms with van der Waals surface area (Å²) in [7, 11) is 0. The predicted octanol–water partition coefficient (Wildman–Crippen LogP) is 3.86. The summed E-state index contributed by atoms with van der Waals surface area (Å²) in [6.45, 7) is 7.31. The highest BCUT2D eigenvalue weighted by molar-refractivity contribution is 5.90. The summed E-state index contributed by atoms with van der Waals surface area (Å²) in [5.74, 6) is 0.0676. The minimum atomic E-state index is -0.532. The van der Waals surface area contributed by atoms with E-state index in [1.54, 1.807) is 11.6 Å². The van der Waals surface area contributed by atoms with E-state index in [4.69, 9.17) is 5.21 Å². The smallest absolute Gasteiger partial charge is 0.267 e. The van der Waals surface area contributed by atoms with Gasteiger partial charge in [-0.05, 0) is 28.7 Å². The van der Waals surface area contributed by atoms with Crippen LogP contribution in [0.1, 0.15) is 30.5 Å². The monoisotopic (exact) mass is 338 g/mol. The average Bonchev–Trinajstić information content (AvgIpc) is 2.61. The van der Waals surface area contributed by atoms with Crippen LogP contribution in [0.25, 0.3) is 6.08 Å². The van der Waals surface area contributed by atoms with Crippen molar-refractivity contribution in [3.63, 3.8) is 0 Å². The fraction of sp³-hybridized carbons (Fsp3) is 0.286. The fourth-order valence-corrected chi connectivity index (χ4v) is 2.74. The number of hydrogen-bond acceptors (Lipinski definition) is 3. The van der Waals surface area contributed by atoms with Gasteiger partial charge in [-0.3, -0.25) is 14.9 Å². The van der Waals surface area contributed by atoms with Gasteiger partial charge in [0.1, 0.15) is 0 Å². The molecular weight excluding hydrogens is 312 g/mol. The molecule has 4 nitrogen and oxygen atoms in total. The van der Waals surface area contributed by atoms with Crippen molar-refractivity contribution in [2.45, 2.75) is 26.9 Å². The van der Waals surface area contributed by atoms with Crippen molar-refractivity contribution in [3.8, 4) is 0 Å². The topological polar surface area (TPSA) is 52.6 Å². The molecule has 0 heterocycles. The van der Waals surface area contributed by atoms with E-state index in [0.717, 1.165) is 25.2 Å². The Labute approximate surface area is 149 Å². The average molecular weight is 338 g/mol. The molecule has 0 saturated heterocycles. The molecule has 0 aliphatic rings. The molecule has 0 atom stereocenters. The van der Waals surface area contributed by atoms with Crippen molar-refractivity contribution >= 4 is 12.0 Å². The van der Waals surface area contributed by atoms with Gasteiger partial charge in [-0.25, -0.2) is 5.48 Å². The Morgan fingerprint density at radius 3 is 2.20 bits per heavy atom. The first-order chi connectivity index (χ1) is 12.1. The minimum Gasteiger partial charge on any atom is -0.295 e. The van der Waals surface area contributed by atoms with Gasteiger partial charge >= 0.3 is 0 Å². The van der Waals surface area contributed by atoms with Crippen molar-refractivity contribution in [3.05, 3.63) is 77.4 Å². The van der Waals surface area contributed by atoms with Crippen molar-refractivity contribution in [1.29, 1.82) is 0 Å². The van der Waals surface area contributed by atoms with Gasteiger partial charge in [-0.2, -0.15) is 0 Å². The van der Waals surface area contributed by atoms with Crippen LogP contribution < -0.4 is 5.48 Å². The Morgan fingerprint density at radius 2 is 1.64 bits per heavy atom. The molecule has 0 bridgehead atoms. The maximum Gasteiger partial charge on any atom is 0.267 e. The van der Waals surface area contributed by atoms with E-state index in [0.29, 0.717) is 5.92 Å². The van der Waals surface area contributed by atoms with Gasteiger partial charge in [0.25, 0.3) is 5.91 Å². The first kappa shape index (κ1) is 18.9. The molecule has 0 fully saturated rings. The normalized spacial score (nSPS) is 11.4. The van der Waals surface area contributed by atoms with Crippen molar-refractivity contribution in [1.82, 2.24) is 10.4 Å². The van der Waals surface area contributed by atoms with Crippen LogP contribution in [-0.4, -0.2) is 22.6 Å². The largest absolute Gasteiger partial charge is 0.295 e. The third kappa shape index (κ3) is 6.91. The highest BCUT2D eigenvalue weighted by atomic mass is 16.5. The second-order valence-corrected chi connectivity index (χ2v) is 6.60. The molecule has 0 saturated carbocycles. The van der Waals surface area contributed by atoms with Crippen molar-refractivity contribution in [2.24, 2.45) is 5.92 Å². The molecule has 2 rings (SSSR count). The number of rotatable bonds is 8. The first-order valence-corrected chi connectivity index (χ1v) is 8.54. The van der Waals surface area contributed by atoms with Crippen LogP contribution >= 0.6 is 0 Å². The van der Waals surface area contributed by atoms with Gasteiger partial charge in [0.15, 0.2) is 0 Å². The predicted molar refractivity (Wildman–Crippen MR) is 101 cm³/mol. The van der Waals surface area contributed by atoms with Crippen LogP contribution in [0.3, 0.4) is 0 Å². The molecule has 0 unspecified atom stereocenters. The lowest BCUT2D eigenvalue weighted by Gasteiger charge is -2.24. The Kier molecular flexibility index (Phi) is 7.38. The first-order valence-electron chi connectivity index (χ1n) is 8.54. The molecule has 0 aliphatic carbocycles. The molecule has 25 heavy (non-hydrogen) atoms. The molecule has 4 heteroatoms. The van der Waals surface area contributed by atoms with Gasteiger partial charge in [0.05, 0.1) is 0 Å². The molecule has 2 aromatic rings. The van der Waals surface area contributed by atoms with Gasteiger partial charge in [0, 0.05) is 25.7 Å². The number of carbonyl (C=O) groups excluding carboxylic acids is 1. The summed E-state index contributed by atoms with van der Waals surface area (Å²) in [6, 6.07) is 18.6. The molecule has 132 valence electrons. The second-order valence-electron chi connectivity index (χ2n) is 6.60. The zero-order chi connectivity index (χ0) is 18.1. The van der Waals surface area contributed by atoms with E-state index in [1.807, 2.05) is 18.2 Å². The Morgan fingerprint density at radius 1 is 1.04 bits per heavy atom. The highest BCUT2D eigenvalue weighted by Crippen LogP contribution is 2.13. The number of benzene rings is 2. The van der Waals surface area contributed by atoms with Gasteiger partial charge < -0.3 is 0 Å². The van der Waals surface area contributed by atoms with Crippen molar-refractivity contribution < 1.29 is 10.0 Å². The molecule has 0 aromatic heterocycles. The van der Waals surface area contributed by atoms with E-state index < -0.39 is 5.91 Å². The zero-order valence-electron chi connectivity index (χ0n) is 14.9. The summed E-state index contributed by atoms with van der Waals surface area (Å²) < 4.78 is 0. The maximum absolute atomic E-state index is 11.0. The van der Waals surface area contributed by atoms with E-state index in [2.05, 4.69) is 55.1 Å². The number of hydroxylamine groups is 1. The zero-order valence-corrected chi connectivity index (χ0v) is 14.9. The summed E-state index contributed by atoms with van der Waals surface area (Å²) in [4.78, 5) is 13.5. The Hall–Kier alpha value is -2.43. The molecule has 0 spiro atoms. The minimum absolute atomic E-state index is 0.532. The number of hydrogen-bond donors (Lipinski definition) is 2. The summed E-state index contributed by atoms with van der Waals surface area (Å²) in [5, 5.41) is 8.49. The van der Waals surface area contributed by atoms with E-state index in [9.17, 15) is 4.79 Å². The molecule has 0 aliphatic heterocycles. The number of amides is 1. The molecule has 2 aromatic carbocycles. The SMILES string of the molecule is CC(C)CN(Cc1ccccc1)Cc1ccc(/C=C/C(=O)NO)cc1. The summed E-state index contributed by atoms with van der Waals surface area (Å²) >= 11 is 0. The third-order valence-corrected chi connectivity index (χ3v) is 3.80. The van der Waals surface area contributed by atoms with Crippen LogP contribution in [0.2, 0.25) is 0 Å². The second kappa shape index (κ2) is 9.77. The van der Waals surface area contributed by atoms with E-state index >= 15 is 0 Å². The molecule has 1 amide bonds. The summed E-state index contributed by atoms with van der Waals surface area (Å²) in [5.41, 5.74) is 5.06. The lowest BCUT2D eigenvalue weighted by Crippen LogP contribution is -2.27. The van der Waals surface area contributed by atoms with Crippen LogP contribution in [0.4, 0.5) is 0 Å². The quantitative estimate of drug-likeness (QED) is 0.436. The van der Waals surface area contributed by atoms with Crippen LogP contribution in [0.5, 0.6) is 0 Å². The number of carbonyl (C=O) groups is 1. The van der Waals surface area contributed by atoms with Gasteiger partial charge in [-0.1, -0.05) is 68.4 Å². The maximum atomic E-state index is 11.0. The Bertz CT molecular complexity index is 679. The molecular formula is C21H26N2O2. The summed E-state index contributed by atoms with van der Waals surface area (Å²) in [6.07, 6.45) is 2.97. The molecule has 2 N–H and O–H groups in total. The van der Waals surface area contributed by atoms with Crippen LogP contribution in [-0.2, 0) is 17.9 Å². The lowest BCUT2D eigenvalue weighted by molar-refractivity contribution is -0.124. The lowest BCUT2D eigenvalue weighted by atomic mass is 10.1. The van der Waals surface area contributed by atoms with Crippen LogP contribution in [0.15, 0.2) is 60.7 Å². The van der Waals surface area contributed by atoms with Gasteiger partial charge in [-0.15, -0.1) is 0 Å².